The van der Waals surface area contributed by atoms with Crippen LogP contribution >= 0.6 is 11.6 Å². The van der Waals surface area contributed by atoms with Crippen molar-refractivity contribution >= 4 is 22.6 Å². The molecule has 1 saturated carbocycles. The molecule has 96 valence electrons. The summed E-state index contributed by atoms with van der Waals surface area (Å²) in [7, 11) is 1.64. The lowest BCUT2D eigenvalue weighted by Gasteiger charge is -2.43. The maximum absolute atomic E-state index is 10.4. The highest BCUT2D eigenvalue weighted by Gasteiger charge is 2.46. The van der Waals surface area contributed by atoms with Crippen LogP contribution in [0.25, 0.3) is 11.0 Å². The van der Waals surface area contributed by atoms with E-state index in [2.05, 4.69) is 0 Å². The third-order valence-electron chi connectivity index (χ3n) is 3.89. The monoisotopic (exact) mass is 266 g/mol. The molecule has 1 N–H and O–H groups in total. The number of halogens is 1. The fourth-order valence-corrected chi connectivity index (χ4v) is 2.78. The van der Waals surface area contributed by atoms with Gasteiger partial charge in [0.15, 0.2) is 5.58 Å². The van der Waals surface area contributed by atoms with Crippen molar-refractivity contribution in [3.63, 3.8) is 0 Å². The van der Waals surface area contributed by atoms with Gasteiger partial charge in [0, 0.05) is 12.5 Å². The van der Waals surface area contributed by atoms with Crippen LogP contribution in [0.15, 0.2) is 28.7 Å². The summed E-state index contributed by atoms with van der Waals surface area (Å²) in [6, 6.07) is 7.40. The molecule has 1 aromatic heterocycles. The largest absolute Gasteiger partial charge is 0.457 e. The van der Waals surface area contributed by atoms with Crippen LogP contribution in [-0.4, -0.2) is 17.8 Å². The van der Waals surface area contributed by atoms with Gasteiger partial charge in [-0.1, -0.05) is 23.7 Å². The maximum atomic E-state index is 10.4. The van der Waals surface area contributed by atoms with Gasteiger partial charge in [0.2, 0.25) is 0 Å². The van der Waals surface area contributed by atoms with Gasteiger partial charge in [-0.15, -0.1) is 0 Å². The van der Waals surface area contributed by atoms with E-state index in [1.54, 1.807) is 13.2 Å². The summed E-state index contributed by atoms with van der Waals surface area (Å²) in [5.74, 6) is 0.527. The molecule has 0 saturated heterocycles. The Morgan fingerprint density at radius 3 is 2.78 bits per heavy atom. The number of rotatable bonds is 3. The molecule has 1 aromatic carbocycles. The third kappa shape index (κ3) is 1.66. The Morgan fingerprint density at radius 2 is 2.22 bits per heavy atom. The van der Waals surface area contributed by atoms with Crippen LogP contribution in [0.1, 0.15) is 31.1 Å². The van der Waals surface area contributed by atoms with Gasteiger partial charge in [0.1, 0.15) is 17.5 Å². The predicted octanol–water partition coefficient (Wildman–Crippen LogP) is 3.69. The minimum Gasteiger partial charge on any atom is -0.457 e. The smallest absolute Gasteiger partial charge is 0.152 e. The van der Waals surface area contributed by atoms with Gasteiger partial charge in [-0.05, 0) is 31.4 Å². The van der Waals surface area contributed by atoms with E-state index in [4.69, 9.17) is 20.8 Å². The van der Waals surface area contributed by atoms with Crippen LogP contribution < -0.4 is 0 Å². The standard InChI is InChI=1S/C14H15ClO3/c1-17-14(6-3-7-14)13(16)11-8-9-4-2-5-10(15)12(9)18-11/h2,4-5,8,13,16H,3,6-7H2,1H3. The van der Waals surface area contributed by atoms with Crippen molar-refractivity contribution in [3.05, 3.63) is 35.0 Å². The second-order valence-corrected chi connectivity index (χ2v) is 5.24. The summed E-state index contributed by atoms with van der Waals surface area (Å²) < 4.78 is 11.2. The average Bonchev–Trinajstić information content (AvgIpc) is 2.73. The van der Waals surface area contributed by atoms with Crippen LogP contribution in [0, 0.1) is 0 Å². The second-order valence-electron chi connectivity index (χ2n) is 4.83. The molecule has 2 aromatic rings. The molecule has 18 heavy (non-hydrogen) atoms. The fraction of sp³-hybridized carbons (Fsp3) is 0.429. The Hall–Kier alpha value is -1.03. The normalized spacial score (nSPS) is 19.7. The molecule has 1 unspecified atom stereocenters. The molecule has 1 aliphatic carbocycles. The van der Waals surface area contributed by atoms with Crippen LogP contribution in [0.3, 0.4) is 0 Å². The predicted molar refractivity (Wildman–Crippen MR) is 69.8 cm³/mol. The summed E-state index contributed by atoms with van der Waals surface area (Å²) in [4.78, 5) is 0. The number of hydrogen-bond acceptors (Lipinski definition) is 3. The van der Waals surface area contributed by atoms with Crippen molar-refractivity contribution in [1.82, 2.24) is 0 Å². The van der Waals surface area contributed by atoms with E-state index < -0.39 is 11.7 Å². The van der Waals surface area contributed by atoms with Gasteiger partial charge in [-0.25, -0.2) is 0 Å². The molecule has 1 heterocycles. The molecule has 0 bridgehead atoms. The minimum atomic E-state index is -0.736. The van der Waals surface area contributed by atoms with Crippen molar-refractivity contribution < 1.29 is 14.3 Å². The molecule has 0 radical (unpaired) electrons. The van der Waals surface area contributed by atoms with Crippen molar-refractivity contribution in [3.8, 4) is 0 Å². The highest BCUT2D eigenvalue weighted by Crippen LogP contribution is 2.46. The topological polar surface area (TPSA) is 42.6 Å². The molecule has 1 atom stereocenters. The van der Waals surface area contributed by atoms with E-state index in [1.807, 2.05) is 18.2 Å². The van der Waals surface area contributed by atoms with Crippen molar-refractivity contribution in [1.29, 1.82) is 0 Å². The Labute approximate surface area is 110 Å². The third-order valence-corrected chi connectivity index (χ3v) is 4.19. The van der Waals surface area contributed by atoms with E-state index in [-0.39, 0.29) is 0 Å². The SMILES string of the molecule is COC1(C(O)c2cc3cccc(Cl)c3o2)CCC1. The summed E-state index contributed by atoms with van der Waals surface area (Å²) in [5, 5.41) is 11.9. The highest BCUT2D eigenvalue weighted by molar-refractivity contribution is 6.34. The van der Waals surface area contributed by atoms with Gasteiger partial charge in [0.05, 0.1) is 5.02 Å². The molecule has 3 rings (SSSR count). The maximum Gasteiger partial charge on any atom is 0.152 e. The van der Waals surface area contributed by atoms with Crippen molar-refractivity contribution in [2.75, 3.05) is 7.11 Å². The number of aliphatic hydroxyl groups excluding tert-OH is 1. The molecule has 1 fully saturated rings. The van der Waals surface area contributed by atoms with Crippen LogP contribution in [0.5, 0.6) is 0 Å². The van der Waals surface area contributed by atoms with Gasteiger partial charge in [-0.3, -0.25) is 0 Å². The van der Waals surface area contributed by atoms with Gasteiger partial charge in [0.25, 0.3) is 0 Å². The van der Waals surface area contributed by atoms with Gasteiger partial charge in [-0.2, -0.15) is 0 Å². The number of ether oxygens (including phenoxy) is 1. The number of benzene rings is 1. The zero-order chi connectivity index (χ0) is 12.8. The first-order valence-electron chi connectivity index (χ1n) is 6.07. The van der Waals surface area contributed by atoms with E-state index in [9.17, 15) is 5.11 Å². The molecule has 0 spiro atoms. The molecular formula is C14H15ClO3. The number of hydrogen-bond donors (Lipinski definition) is 1. The Morgan fingerprint density at radius 1 is 1.44 bits per heavy atom. The number of fused-ring (bicyclic) bond motifs is 1. The zero-order valence-electron chi connectivity index (χ0n) is 10.1. The lowest BCUT2D eigenvalue weighted by molar-refractivity contribution is -0.157. The molecular weight excluding hydrogens is 252 g/mol. The number of furan rings is 1. The van der Waals surface area contributed by atoms with Crippen LogP contribution in [0.4, 0.5) is 0 Å². The number of methoxy groups -OCH3 is 1. The van der Waals surface area contributed by atoms with Crippen molar-refractivity contribution in [2.24, 2.45) is 0 Å². The highest BCUT2D eigenvalue weighted by atomic mass is 35.5. The number of para-hydroxylation sites is 1. The summed E-state index contributed by atoms with van der Waals surface area (Å²) in [5.41, 5.74) is 0.138. The van der Waals surface area contributed by atoms with Crippen molar-refractivity contribution in [2.45, 2.75) is 31.0 Å². The Bertz CT molecular complexity index is 566. The Kier molecular flexibility index (Phi) is 2.85. The first-order chi connectivity index (χ1) is 8.66. The Balaban J connectivity index is 2.01. The van der Waals surface area contributed by atoms with E-state index >= 15 is 0 Å². The average molecular weight is 267 g/mol. The molecule has 0 amide bonds. The molecule has 4 heteroatoms. The lowest BCUT2D eigenvalue weighted by Crippen LogP contribution is -2.44. The fourth-order valence-electron chi connectivity index (χ4n) is 2.56. The molecule has 1 aliphatic rings. The van der Waals surface area contributed by atoms with E-state index in [1.165, 1.54) is 0 Å². The summed E-state index contributed by atoms with van der Waals surface area (Å²) in [6.07, 6.45) is 2.05. The quantitative estimate of drug-likeness (QED) is 0.921. The summed E-state index contributed by atoms with van der Waals surface area (Å²) in [6.45, 7) is 0. The van der Waals surface area contributed by atoms with Crippen LogP contribution in [0.2, 0.25) is 5.02 Å². The summed E-state index contributed by atoms with van der Waals surface area (Å²) >= 11 is 6.06. The molecule has 3 nitrogen and oxygen atoms in total. The lowest BCUT2D eigenvalue weighted by atomic mass is 9.75. The minimum absolute atomic E-state index is 0.486. The zero-order valence-corrected chi connectivity index (χ0v) is 10.9. The first-order valence-corrected chi connectivity index (χ1v) is 6.45. The van der Waals surface area contributed by atoms with Gasteiger partial charge >= 0.3 is 0 Å². The van der Waals surface area contributed by atoms with E-state index in [0.29, 0.717) is 16.4 Å². The first kappa shape index (κ1) is 12.0. The van der Waals surface area contributed by atoms with Gasteiger partial charge < -0.3 is 14.3 Å². The molecule has 0 aliphatic heterocycles. The second kappa shape index (κ2) is 4.26. The van der Waals surface area contributed by atoms with Crippen LogP contribution in [-0.2, 0) is 4.74 Å². The number of aliphatic hydroxyl groups is 1. The van der Waals surface area contributed by atoms with E-state index in [0.717, 1.165) is 24.6 Å².